The molecule has 1 aliphatic heterocycles. The average molecular weight is 485 g/mol. The van der Waals surface area contributed by atoms with Gasteiger partial charge in [0.2, 0.25) is 5.91 Å². The summed E-state index contributed by atoms with van der Waals surface area (Å²) >= 11 is 6.42. The van der Waals surface area contributed by atoms with Crippen molar-refractivity contribution >= 4 is 28.4 Å². The van der Waals surface area contributed by atoms with E-state index in [4.69, 9.17) is 11.6 Å². The number of aryl methyl sites for hydroxylation is 1. The highest BCUT2D eigenvalue weighted by molar-refractivity contribution is 6.30. The molecule has 4 aromatic rings. The number of carbonyl (C=O) groups excluding carboxylic acids is 1. The van der Waals surface area contributed by atoms with Crippen molar-refractivity contribution in [3.8, 4) is 0 Å². The van der Waals surface area contributed by atoms with Gasteiger partial charge >= 0.3 is 0 Å². The van der Waals surface area contributed by atoms with E-state index in [0.29, 0.717) is 17.4 Å². The third-order valence-electron chi connectivity index (χ3n) is 7.43. The van der Waals surface area contributed by atoms with E-state index in [2.05, 4.69) is 84.1 Å². The van der Waals surface area contributed by atoms with Crippen LogP contribution in [0, 0.1) is 12.8 Å². The molecule has 0 aliphatic carbocycles. The molecule has 4 heteroatoms. The summed E-state index contributed by atoms with van der Waals surface area (Å²) in [5.41, 5.74) is 6.00. The van der Waals surface area contributed by atoms with Gasteiger partial charge in [-0.25, -0.2) is 0 Å². The topological polar surface area (TPSA) is 25.2 Å². The lowest BCUT2D eigenvalue weighted by atomic mass is 9.87. The molecule has 1 unspecified atom stereocenters. The summed E-state index contributed by atoms with van der Waals surface area (Å²) in [6.45, 7) is 6.90. The molecule has 35 heavy (non-hydrogen) atoms. The Kier molecular flexibility index (Phi) is 6.97. The van der Waals surface area contributed by atoms with Crippen molar-refractivity contribution in [2.24, 2.45) is 5.92 Å². The fourth-order valence-corrected chi connectivity index (χ4v) is 5.46. The van der Waals surface area contributed by atoms with Gasteiger partial charge in [0, 0.05) is 54.1 Å². The molecule has 1 amide bonds. The molecule has 180 valence electrons. The van der Waals surface area contributed by atoms with Gasteiger partial charge in [-0.3, -0.25) is 4.79 Å². The smallest absolute Gasteiger partial charge is 0.223 e. The molecule has 0 saturated carbocycles. The van der Waals surface area contributed by atoms with E-state index in [1.807, 2.05) is 18.2 Å². The van der Waals surface area contributed by atoms with Crippen LogP contribution in [0.1, 0.15) is 54.4 Å². The van der Waals surface area contributed by atoms with E-state index < -0.39 is 0 Å². The van der Waals surface area contributed by atoms with Crippen LogP contribution in [0.2, 0.25) is 5.02 Å². The first kappa shape index (κ1) is 23.7. The lowest BCUT2D eigenvalue weighted by molar-refractivity contribution is -0.132. The summed E-state index contributed by atoms with van der Waals surface area (Å²) in [6.07, 6.45) is 4.88. The predicted octanol–water partition coefficient (Wildman–Crippen LogP) is 7.43. The summed E-state index contributed by atoms with van der Waals surface area (Å²) in [4.78, 5) is 15.6. The second kappa shape index (κ2) is 10.3. The Morgan fingerprint density at radius 1 is 1.00 bits per heavy atom. The summed E-state index contributed by atoms with van der Waals surface area (Å²) in [5, 5.41) is 1.90. The maximum absolute atomic E-state index is 13.5. The largest absolute Gasteiger partial charge is 0.343 e. The quantitative estimate of drug-likeness (QED) is 0.279. The highest BCUT2D eigenvalue weighted by Gasteiger charge is 2.27. The number of benzene rings is 3. The van der Waals surface area contributed by atoms with Gasteiger partial charge in [0.1, 0.15) is 0 Å². The maximum atomic E-state index is 13.5. The number of piperidine rings is 1. The van der Waals surface area contributed by atoms with Crippen molar-refractivity contribution in [2.45, 2.75) is 45.6 Å². The summed E-state index contributed by atoms with van der Waals surface area (Å²) in [5.74, 6) is 0.879. The van der Waals surface area contributed by atoms with Crippen LogP contribution < -0.4 is 0 Å². The van der Waals surface area contributed by atoms with Crippen LogP contribution >= 0.6 is 11.6 Å². The number of para-hydroxylation sites is 1. The molecule has 1 fully saturated rings. The summed E-state index contributed by atoms with van der Waals surface area (Å²) in [7, 11) is 0. The molecule has 1 aromatic heterocycles. The fraction of sp³-hybridized carbons (Fsp3) is 0.323. The SMILES string of the molecule is Cc1ccc(Cn2cc(C(CC(=O)N3CCC(C)CC3)c3cccc(Cl)c3)c3ccccc32)cc1. The zero-order valence-corrected chi connectivity index (χ0v) is 21.3. The third-order valence-corrected chi connectivity index (χ3v) is 7.67. The minimum atomic E-state index is -0.0512. The predicted molar refractivity (Wildman–Crippen MR) is 145 cm³/mol. The first-order chi connectivity index (χ1) is 17.0. The first-order valence-electron chi connectivity index (χ1n) is 12.6. The van der Waals surface area contributed by atoms with Crippen LogP contribution in [-0.4, -0.2) is 28.5 Å². The van der Waals surface area contributed by atoms with E-state index in [9.17, 15) is 4.79 Å². The molecule has 3 nitrogen and oxygen atoms in total. The third kappa shape index (κ3) is 5.31. The number of nitrogens with zero attached hydrogens (tertiary/aromatic N) is 2. The second-order valence-electron chi connectivity index (χ2n) is 10.1. The number of hydrogen-bond acceptors (Lipinski definition) is 1. The van der Waals surface area contributed by atoms with Gasteiger partial charge in [0.25, 0.3) is 0 Å². The van der Waals surface area contributed by atoms with Crippen LogP contribution in [0.5, 0.6) is 0 Å². The van der Waals surface area contributed by atoms with Gasteiger partial charge in [-0.2, -0.15) is 0 Å². The molecule has 0 bridgehead atoms. The number of rotatable bonds is 6. The lowest BCUT2D eigenvalue weighted by Gasteiger charge is -2.31. The average Bonchev–Trinajstić information content (AvgIpc) is 3.22. The van der Waals surface area contributed by atoms with Crippen LogP contribution in [0.15, 0.2) is 79.0 Å². The second-order valence-corrected chi connectivity index (χ2v) is 10.5. The molecule has 5 rings (SSSR count). The molecule has 1 aliphatic rings. The number of halogens is 1. The van der Waals surface area contributed by atoms with Crippen LogP contribution in [-0.2, 0) is 11.3 Å². The van der Waals surface area contributed by atoms with E-state index in [1.165, 1.54) is 27.6 Å². The van der Waals surface area contributed by atoms with Crippen LogP contribution in [0.4, 0.5) is 0 Å². The minimum Gasteiger partial charge on any atom is -0.343 e. The Labute approximate surface area is 213 Å². The van der Waals surface area contributed by atoms with Crippen molar-refractivity contribution in [3.63, 3.8) is 0 Å². The number of amides is 1. The first-order valence-corrected chi connectivity index (χ1v) is 13.0. The Morgan fingerprint density at radius 2 is 1.74 bits per heavy atom. The van der Waals surface area contributed by atoms with Crippen LogP contribution in [0.3, 0.4) is 0 Å². The Balaban J connectivity index is 1.54. The molecule has 0 spiro atoms. The van der Waals surface area contributed by atoms with Gasteiger partial charge in [-0.15, -0.1) is 0 Å². The van der Waals surface area contributed by atoms with Gasteiger partial charge in [0.05, 0.1) is 0 Å². The normalized spacial score (nSPS) is 15.5. The fourth-order valence-electron chi connectivity index (χ4n) is 5.27. The van der Waals surface area contributed by atoms with E-state index >= 15 is 0 Å². The van der Waals surface area contributed by atoms with E-state index in [-0.39, 0.29) is 11.8 Å². The Morgan fingerprint density at radius 3 is 2.49 bits per heavy atom. The van der Waals surface area contributed by atoms with Gasteiger partial charge in [-0.1, -0.05) is 78.7 Å². The zero-order valence-electron chi connectivity index (χ0n) is 20.6. The summed E-state index contributed by atoms with van der Waals surface area (Å²) < 4.78 is 2.32. The number of fused-ring (bicyclic) bond motifs is 1. The number of carbonyl (C=O) groups is 1. The van der Waals surface area contributed by atoms with Crippen molar-refractivity contribution < 1.29 is 4.79 Å². The standard InChI is InChI=1S/C31H33ClN2O/c1-22-10-12-24(13-11-22)20-34-21-29(27-8-3-4-9-30(27)34)28(25-6-5-7-26(32)18-25)19-31(35)33-16-14-23(2)15-17-33/h3-13,18,21,23,28H,14-17,19-20H2,1-2H3. The van der Waals surface area contributed by atoms with Crippen molar-refractivity contribution in [1.29, 1.82) is 0 Å². The Hall–Kier alpha value is -3.04. The molecule has 0 radical (unpaired) electrons. The van der Waals surface area contributed by atoms with E-state index in [0.717, 1.165) is 38.0 Å². The summed E-state index contributed by atoms with van der Waals surface area (Å²) in [6, 6.07) is 25.3. The molecular weight excluding hydrogens is 452 g/mol. The van der Waals surface area contributed by atoms with Crippen LogP contribution in [0.25, 0.3) is 10.9 Å². The number of hydrogen-bond donors (Lipinski definition) is 0. The van der Waals surface area contributed by atoms with Crippen molar-refractivity contribution in [1.82, 2.24) is 9.47 Å². The number of likely N-dealkylation sites (tertiary alicyclic amines) is 1. The molecule has 2 heterocycles. The number of aromatic nitrogens is 1. The highest BCUT2D eigenvalue weighted by Crippen LogP contribution is 2.36. The highest BCUT2D eigenvalue weighted by atomic mass is 35.5. The monoisotopic (exact) mass is 484 g/mol. The van der Waals surface area contributed by atoms with Gasteiger partial charge in [0.15, 0.2) is 0 Å². The van der Waals surface area contributed by atoms with E-state index in [1.54, 1.807) is 0 Å². The molecule has 0 N–H and O–H groups in total. The van der Waals surface area contributed by atoms with Gasteiger partial charge < -0.3 is 9.47 Å². The molecular formula is C31H33ClN2O. The van der Waals surface area contributed by atoms with Crippen molar-refractivity contribution in [3.05, 3.63) is 106 Å². The van der Waals surface area contributed by atoms with Gasteiger partial charge in [-0.05, 0) is 60.6 Å². The maximum Gasteiger partial charge on any atom is 0.223 e. The zero-order chi connectivity index (χ0) is 24.4. The van der Waals surface area contributed by atoms with Crippen molar-refractivity contribution in [2.75, 3.05) is 13.1 Å². The Bertz CT molecular complexity index is 1320. The molecule has 1 saturated heterocycles. The molecule has 3 aromatic carbocycles. The minimum absolute atomic E-state index is 0.0512. The lowest BCUT2D eigenvalue weighted by Crippen LogP contribution is -2.38. The molecule has 1 atom stereocenters.